The van der Waals surface area contributed by atoms with Crippen molar-refractivity contribution in [3.8, 4) is 0 Å². The lowest BCUT2D eigenvalue weighted by Gasteiger charge is -2.12. The number of hydrogen-bond acceptors (Lipinski definition) is 3. The number of nitrogens with one attached hydrogen (secondary N) is 2. The monoisotopic (exact) mass is 241 g/mol. The van der Waals surface area contributed by atoms with Crippen LogP contribution in [0.5, 0.6) is 0 Å². The predicted octanol–water partition coefficient (Wildman–Crippen LogP) is 1.44. The van der Waals surface area contributed by atoms with E-state index < -0.39 is 0 Å². The minimum Gasteiger partial charge on any atom is -0.383 e. The summed E-state index contributed by atoms with van der Waals surface area (Å²) in [6.45, 7) is 1.34. The topological polar surface area (TPSA) is 45.6 Å². The molecule has 0 spiro atoms. The standard InChI is InChI=1S/C11H19N3OS/c1-15-8-7-12-11(16)14-13-9-10-5-3-2-4-6-10/h2-3,9-10H,4-8H2,1H3,(H2,12,14,16)/b13-9-/t10-/m0/s1. The van der Waals surface area contributed by atoms with Gasteiger partial charge in [-0.05, 0) is 37.4 Å². The van der Waals surface area contributed by atoms with Crippen LogP contribution in [0.3, 0.4) is 0 Å². The maximum absolute atomic E-state index is 5.03. The Morgan fingerprint density at radius 1 is 1.62 bits per heavy atom. The molecule has 0 amide bonds. The minimum absolute atomic E-state index is 0.541. The maximum Gasteiger partial charge on any atom is 0.187 e. The fourth-order valence-electron chi connectivity index (χ4n) is 1.46. The molecule has 90 valence electrons. The Bertz CT molecular complexity index is 266. The molecule has 0 fully saturated rings. The Balaban J connectivity index is 2.10. The molecule has 0 aromatic heterocycles. The highest BCUT2D eigenvalue weighted by Gasteiger charge is 2.05. The maximum atomic E-state index is 5.03. The van der Waals surface area contributed by atoms with E-state index in [2.05, 4.69) is 28.0 Å². The second kappa shape index (κ2) is 8.24. The van der Waals surface area contributed by atoms with Crippen molar-refractivity contribution in [3.05, 3.63) is 12.2 Å². The van der Waals surface area contributed by atoms with Gasteiger partial charge in [0.15, 0.2) is 5.11 Å². The smallest absolute Gasteiger partial charge is 0.187 e. The number of thiocarbonyl (C=S) groups is 1. The van der Waals surface area contributed by atoms with E-state index in [0.29, 0.717) is 24.2 Å². The average molecular weight is 241 g/mol. The summed E-state index contributed by atoms with van der Waals surface area (Å²) in [5.41, 5.74) is 2.80. The van der Waals surface area contributed by atoms with E-state index in [1.54, 1.807) is 7.11 Å². The number of rotatable bonds is 5. The lowest BCUT2D eigenvalue weighted by Crippen LogP contribution is -2.34. The van der Waals surface area contributed by atoms with E-state index in [0.717, 1.165) is 12.8 Å². The van der Waals surface area contributed by atoms with Gasteiger partial charge < -0.3 is 10.1 Å². The molecule has 0 unspecified atom stereocenters. The number of hydrogen-bond donors (Lipinski definition) is 2. The molecular formula is C11H19N3OS. The fourth-order valence-corrected chi connectivity index (χ4v) is 1.61. The van der Waals surface area contributed by atoms with Gasteiger partial charge in [0.25, 0.3) is 0 Å². The average Bonchev–Trinajstić information content (AvgIpc) is 2.31. The van der Waals surface area contributed by atoms with Crippen molar-refractivity contribution in [3.63, 3.8) is 0 Å². The molecule has 2 N–H and O–H groups in total. The summed E-state index contributed by atoms with van der Waals surface area (Å²) in [5, 5.41) is 7.65. The van der Waals surface area contributed by atoms with Crippen LogP contribution in [0.1, 0.15) is 19.3 Å². The molecule has 1 rings (SSSR count). The third kappa shape index (κ3) is 5.82. The van der Waals surface area contributed by atoms with Crippen molar-refractivity contribution in [1.82, 2.24) is 10.7 Å². The van der Waals surface area contributed by atoms with Crippen LogP contribution >= 0.6 is 12.2 Å². The van der Waals surface area contributed by atoms with Gasteiger partial charge in [-0.15, -0.1) is 0 Å². The van der Waals surface area contributed by atoms with Gasteiger partial charge in [0, 0.05) is 19.9 Å². The molecule has 0 aliphatic heterocycles. The molecule has 0 aromatic rings. The number of methoxy groups -OCH3 is 1. The van der Waals surface area contributed by atoms with Gasteiger partial charge in [0.1, 0.15) is 0 Å². The Morgan fingerprint density at radius 3 is 3.19 bits per heavy atom. The second-order valence-electron chi connectivity index (χ2n) is 3.68. The Morgan fingerprint density at radius 2 is 2.50 bits per heavy atom. The lowest BCUT2D eigenvalue weighted by atomic mass is 9.96. The molecule has 0 saturated carbocycles. The van der Waals surface area contributed by atoms with Crippen molar-refractivity contribution in [2.75, 3.05) is 20.3 Å². The summed E-state index contributed by atoms with van der Waals surface area (Å²) < 4.78 is 4.90. The minimum atomic E-state index is 0.541. The van der Waals surface area contributed by atoms with Gasteiger partial charge in [0.05, 0.1) is 6.61 Å². The first-order valence-corrected chi connectivity index (χ1v) is 5.94. The second-order valence-corrected chi connectivity index (χ2v) is 4.09. The summed E-state index contributed by atoms with van der Waals surface area (Å²) >= 11 is 5.03. The first kappa shape index (κ1) is 13.1. The van der Waals surface area contributed by atoms with Crippen molar-refractivity contribution in [2.45, 2.75) is 19.3 Å². The van der Waals surface area contributed by atoms with Crippen LogP contribution in [0.15, 0.2) is 17.3 Å². The fraction of sp³-hybridized carbons (Fsp3) is 0.636. The SMILES string of the molecule is COCCNC(=S)N/N=C\[C@H]1CC=CCC1. The number of nitrogens with zero attached hydrogens (tertiary/aromatic N) is 1. The Hall–Kier alpha value is -0.940. The molecule has 4 nitrogen and oxygen atoms in total. The van der Waals surface area contributed by atoms with Crippen molar-refractivity contribution >= 4 is 23.5 Å². The molecule has 0 saturated heterocycles. The van der Waals surface area contributed by atoms with Gasteiger partial charge in [-0.1, -0.05) is 12.2 Å². The summed E-state index contributed by atoms with van der Waals surface area (Å²) in [6, 6.07) is 0. The molecule has 0 radical (unpaired) electrons. The summed E-state index contributed by atoms with van der Waals surface area (Å²) in [7, 11) is 1.66. The summed E-state index contributed by atoms with van der Waals surface area (Å²) in [5.74, 6) is 0.541. The van der Waals surface area contributed by atoms with Gasteiger partial charge >= 0.3 is 0 Å². The van der Waals surface area contributed by atoms with Crippen LogP contribution in [0, 0.1) is 5.92 Å². The molecule has 0 heterocycles. The van der Waals surface area contributed by atoms with Crippen molar-refractivity contribution < 1.29 is 4.74 Å². The van der Waals surface area contributed by atoms with E-state index in [-0.39, 0.29) is 0 Å². The van der Waals surface area contributed by atoms with Crippen LogP contribution in [0.4, 0.5) is 0 Å². The van der Waals surface area contributed by atoms with Crippen molar-refractivity contribution in [2.24, 2.45) is 11.0 Å². The third-order valence-electron chi connectivity index (χ3n) is 2.35. The summed E-state index contributed by atoms with van der Waals surface area (Å²) in [4.78, 5) is 0. The molecule has 16 heavy (non-hydrogen) atoms. The Labute approximate surface area is 102 Å². The summed E-state index contributed by atoms with van der Waals surface area (Å²) in [6.07, 6.45) is 9.76. The molecule has 0 aromatic carbocycles. The first-order chi connectivity index (χ1) is 7.83. The molecule has 1 atom stereocenters. The van der Waals surface area contributed by atoms with Gasteiger partial charge in [0.2, 0.25) is 0 Å². The van der Waals surface area contributed by atoms with Gasteiger partial charge in [-0.3, -0.25) is 5.43 Å². The highest BCUT2D eigenvalue weighted by atomic mass is 32.1. The first-order valence-electron chi connectivity index (χ1n) is 5.54. The number of allylic oxidation sites excluding steroid dienone is 2. The highest BCUT2D eigenvalue weighted by molar-refractivity contribution is 7.80. The Kier molecular flexibility index (Phi) is 6.76. The zero-order valence-electron chi connectivity index (χ0n) is 9.61. The molecule has 1 aliphatic carbocycles. The van der Waals surface area contributed by atoms with Gasteiger partial charge in [-0.2, -0.15) is 5.10 Å². The quantitative estimate of drug-likeness (QED) is 0.251. The predicted molar refractivity (Wildman–Crippen MR) is 70.6 cm³/mol. The van der Waals surface area contributed by atoms with Crippen LogP contribution < -0.4 is 10.7 Å². The third-order valence-corrected chi connectivity index (χ3v) is 2.59. The molecular weight excluding hydrogens is 222 g/mol. The van der Waals surface area contributed by atoms with E-state index in [1.807, 2.05) is 6.21 Å². The van der Waals surface area contributed by atoms with Crippen LogP contribution in [0.25, 0.3) is 0 Å². The van der Waals surface area contributed by atoms with Gasteiger partial charge in [-0.25, -0.2) is 0 Å². The van der Waals surface area contributed by atoms with E-state index in [4.69, 9.17) is 17.0 Å². The van der Waals surface area contributed by atoms with Crippen LogP contribution in [-0.4, -0.2) is 31.6 Å². The van der Waals surface area contributed by atoms with E-state index in [1.165, 1.54) is 6.42 Å². The molecule has 5 heteroatoms. The number of ether oxygens (including phenoxy) is 1. The largest absolute Gasteiger partial charge is 0.383 e. The highest BCUT2D eigenvalue weighted by Crippen LogP contribution is 2.15. The van der Waals surface area contributed by atoms with Crippen LogP contribution in [-0.2, 0) is 4.74 Å². The normalized spacial score (nSPS) is 19.9. The van der Waals surface area contributed by atoms with E-state index in [9.17, 15) is 0 Å². The van der Waals surface area contributed by atoms with Crippen LogP contribution in [0.2, 0.25) is 0 Å². The van der Waals surface area contributed by atoms with Crippen molar-refractivity contribution in [1.29, 1.82) is 0 Å². The zero-order chi connectivity index (χ0) is 11.6. The van der Waals surface area contributed by atoms with E-state index >= 15 is 0 Å². The molecule has 1 aliphatic rings. The number of hydrazone groups is 1. The zero-order valence-corrected chi connectivity index (χ0v) is 10.4. The lowest BCUT2D eigenvalue weighted by molar-refractivity contribution is 0.204. The molecule has 0 bridgehead atoms.